The van der Waals surface area contributed by atoms with Crippen molar-refractivity contribution < 1.29 is 13.2 Å². The number of amides is 2. The van der Waals surface area contributed by atoms with Gasteiger partial charge in [0.1, 0.15) is 0 Å². The van der Waals surface area contributed by atoms with Gasteiger partial charge in [0.15, 0.2) is 9.84 Å². The van der Waals surface area contributed by atoms with Gasteiger partial charge in [-0.3, -0.25) is 0 Å². The van der Waals surface area contributed by atoms with Gasteiger partial charge in [-0.2, -0.15) is 0 Å². The average Bonchev–Trinajstić information content (AvgIpc) is 2.83. The maximum Gasteiger partial charge on any atom is 0.317 e. The number of nitrogens with one attached hydrogen (secondary N) is 1. The third-order valence-electron chi connectivity index (χ3n) is 3.77. The van der Waals surface area contributed by atoms with Crippen LogP contribution >= 0.6 is 0 Å². The minimum Gasteiger partial charge on any atom is -0.338 e. The van der Waals surface area contributed by atoms with Crippen LogP contribution in [0.5, 0.6) is 0 Å². The molecule has 22 heavy (non-hydrogen) atoms. The number of benzene rings is 1. The molecule has 6 heteroatoms. The molecule has 2 rings (SSSR count). The second kappa shape index (κ2) is 7.13. The van der Waals surface area contributed by atoms with Crippen molar-refractivity contribution in [3.8, 4) is 0 Å². The molecule has 1 aliphatic heterocycles. The van der Waals surface area contributed by atoms with Gasteiger partial charge in [0.25, 0.3) is 0 Å². The Kier molecular flexibility index (Phi) is 5.45. The lowest BCUT2D eigenvalue weighted by atomic mass is 10.1. The highest BCUT2D eigenvalue weighted by Crippen LogP contribution is 2.20. The zero-order valence-corrected chi connectivity index (χ0v) is 14.0. The lowest BCUT2D eigenvalue weighted by molar-refractivity contribution is 0.175. The highest BCUT2D eigenvalue weighted by Gasteiger charge is 2.34. The van der Waals surface area contributed by atoms with E-state index in [2.05, 4.69) is 5.32 Å². The smallest absolute Gasteiger partial charge is 0.317 e. The summed E-state index contributed by atoms with van der Waals surface area (Å²) >= 11 is 0. The lowest BCUT2D eigenvalue weighted by Crippen LogP contribution is -2.47. The molecule has 122 valence electrons. The van der Waals surface area contributed by atoms with Crippen LogP contribution in [0.3, 0.4) is 0 Å². The van der Waals surface area contributed by atoms with Gasteiger partial charge in [0.05, 0.1) is 11.5 Å². The van der Waals surface area contributed by atoms with Crippen molar-refractivity contribution in [2.45, 2.75) is 32.9 Å². The van der Waals surface area contributed by atoms with E-state index in [0.717, 1.165) is 5.56 Å². The number of hydrogen-bond donors (Lipinski definition) is 1. The van der Waals surface area contributed by atoms with Crippen molar-refractivity contribution in [1.29, 1.82) is 0 Å². The second-order valence-corrected chi connectivity index (χ2v) is 8.48. The van der Waals surface area contributed by atoms with Crippen LogP contribution in [-0.2, 0) is 16.4 Å². The van der Waals surface area contributed by atoms with Gasteiger partial charge in [-0.25, -0.2) is 13.2 Å². The van der Waals surface area contributed by atoms with Crippen LogP contribution in [0, 0.1) is 5.92 Å². The Labute approximate surface area is 132 Å². The normalized spacial score (nSPS) is 20.0. The summed E-state index contributed by atoms with van der Waals surface area (Å²) in [6, 6.07) is 9.25. The largest absolute Gasteiger partial charge is 0.338 e. The molecular formula is C16H24N2O3S. The molecule has 0 aliphatic carbocycles. The fraction of sp³-hybridized carbons (Fsp3) is 0.562. The highest BCUT2D eigenvalue weighted by molar-refractivity contribution is 7.91. The first-order chi connectivity index (χ1) is 10.4. The molecule has 1 heterocycles. The fourth-order valence-corrected chi connectivity index (χ4v) is 4.29. The number of nitrogens with zero attached hydrogens (tertiary/aromatic N) is 1. The predicted molar refractivity (Wildman–Crippen MR) is 87.3 cm³/mol. The van der Waals surface area contributed by atoms with Crippen LogP contribution < -0.4 is 5.32 Å². The van der Waals surface area contributed by atoms with E-state index in [0.29, 0.717) is 25.4 Å². The van der Waals surface area contributed by atoms with E-state index in [1.807, 2.05) is 44.2 Å². The molecule has 0 spiro atoms. The summed E-state index contributed by atoms with van der Waals surface area (Å²) in [7, 11) is -3.02. The first kappa shape index (κ1) is 16.8. The quantitative estimate of drug-likeness (QED) is 0.901. The molecule has 0 aromatic heterocycles. The molecule has 1 atom stereocenters. The van der Waals surface area contributed by atoms with Gasteiger partial charge < -0.3 is 10.2 Å². The van der Waals surface area contributed by atoms with E-state index >= 15 is 0 Å². The molecule has 1 fully saturated rings. The molecule has 1 aliphatic rings. The SMILES string of the molecule is CC(C)CNC(=O)N(Cc1ccccc1)C1CCS(=O)(=O)C1. The van der Waals surface area contributed by atoms with Gasteiger partial charge in [0.2, 0.25) is 0 Å². The minimum atomic E-state index is -3.02. The van der Waals surface area contributed by atoms with Crippen LogP contribution in [0.1, 0.15) is 25.8 Å². The molecule has 1 N–H and O–H groups in total. The van der Waals surface area contributed by atoms with Crippen LogP contribution in [0.4, 0.5) is 4.79 Å². The van der Waals surface area contributed by atoms with Crippen molar-refractivity contribution in [2.24, 2.45) is 5.92 Å². The standard InChI is InChI=1S/C16H24N2O3S/c1-13(2)10-17-16(19)18(11-14-6-4-3-5-7-14)15-8-9-22(20,21)12-15/h3-7,13,15H,8-12H2,1-2H3,(H,17,19). The predicted octanol–water partition coefficient (Wildman–Crippen LogP) is 2.04. The van der Waals surface area contributed by atoms with Crippen molar-refractivity contribution in [3.05, 3.63) is 35.9 Å². The van der Waals surface area contributed by atoms with Crippen molar-refractivity contribution >= 4 is 15.9 Å². The molecule has 2 amide bonds. The van der Waals surface area contributed by atoms with E-state index in [1.54, 1.807) is 4.90 Å². The second-order valence-electron chi connectivity index (χ2n) is 6.25. The zero-order chi connectivity index (χ0) is 16.2. The Hall–Kier alpha value is -1.56. The Morgan fingerprint density at radius 2 is 2.00 bits per heavy atom. The third-order valence-corrected chi connectivity index (χ3v) is 5.52. The van der Waals surface area contributed by atoms with Crippen LogP contribution in [0.15, 0.2) is 30.3 Å². The summed E-state index contributed by atoms with van der Waals surface area (Å²) in [6.07, 6.45) is 0.518. The summed E-state index contributed by atoms with van der Waals surface area (Å²) in [5, 5.41) is 2.90. The summed E-state index contributed by atoms with van der Waals surface area (Å²) in [4.78, 5) is 14.1. The van der Waals surface area contributed by atoms with Gasteiger partial charge in [-0.1, -0.05) is 44.2 Å². The molecule has 5 nitrogen and oxygen atoms in total. The number of sulfone groups is 1. The van der Waals surface area contributed by atoms with Crippen LogP contribution in [-0.4, -0.2) is 43.4 Å². The molecule has 0 saturated carbocycles. The monoisotopic (exact) mass is 324 g/mol. The molecular weight excluding hydrogens is 300 g/mol. The van der Waals surface area contributed by atoms with E-state index in [9.17, 15) is 13.2 Å². The summed E-state index contributed by atoms with van der Waals surface area (Å²) in [6.45, 7) is 5.08. The van der Waals surface area contributed by atoms with E-state index in [1.165, 1.54) is 0 Å². The minimum absolute atomic E-state index is 0.0644. The van der Waals surface area contributed by atoms with Crippen molar-refractivity contribution in [3.63, 3.8) is 0 Å². The molecule has 0 bridgehead atoms. The third kappa shape index (κ3) is 4.73. The number of hydrogen-bond acceptors (Lipinski definition) is 3. The Morgan fingerprint density at radius 1 is 1.32 bits per heavy atom. The first-order valence-electron chi connectivity index (χ1n) is 7.66. The summed E-state index contributed by atoms with van der Waals surface area (Å²) in [5.41, 5.74) is 1.01. The maximum atomic E-state index is 12.5. The van der Waals surface area contributed by atoms with Gasteiger partial charge in [0, 0.05) is 19.1 Å². The topological polar surface area (TPSA) is 66.5 Å². The van der Waals surface area contributed by atoms with E-state index in [-0.39, 0.29) is 23.6 Å². The van der Waals surface area contributed by atoms with Crippen LogP contribution in [0.2, 0.25) is 0 Å². The fourth-order valence-electron chi connectivity index (χ4n) is 2.56. The Bertz CT molecular complexity index is 599. The molecule has 0 radical (unpaired) electrons. The molecule has 1 unspecified atom stereocenters. The van der Waals surface area contributed by atoms with Crippen molar-refractivity contribution in [2.75, 3.05) is 18.1 Å². The van der Waals surface area contributed by atoms with Gasteiger partial charge in [-0.05, 0) is 17.9 Å². The molecule has 1 saturated heterocycles. The van der Waals surface area contributed by atoms with E-state index in [4.69, 9.17) is 0 Å². The number of carbonyl (C=O) groups is 1. The van der Waals surface area contributed by atoms with Crippen molar-refractivity contribution in [1.82, 2.24) is 10.2 Å². The van der Waals surface area contributed by atoms with Gasteiger partial charge >= 0.3 is 6.03 Å². The van der Waals surface area contributed by atoms with Crippen LogP contribution in [0.25, 0.3) is 0 Å². The molecule has 1 aromatic carbocycles. The number of carbonyl (C=O) groups excluding carboxylic acids is 1. The van der Waals surface area contributed by atoms with E-state index < -0.39 is 9.84 Å². The average molecular weight is 324 g/mol. The highest BCUT2D eigenvalue weighted by atomic mass is 32.2. The Morgan fingerprint density at radius 3 is 2.55 bits per heavy atom. The number of urea groups is 1. The first-order valence-corrected chi connectivity index (χ1v) is 9.48. The number of rotatable bonds is 5. The lowest BCUT2D eigenvalue weighted by Gasteiger charge is -2.29. The zero-order valence-electron chi connectivity index (χ0n) is 13.2. The summed E-state index contributed by atoms with van der Waals surface area (Å²) in [5.74, 6) is 0.588. The maximum absolute atomic E-state index is 12.5. The summed E-state index contributed by atoms with van der Waals surface area (Å²) < 4.78 is 23.5. The Balaban J connectivity index is 2.11. The molecule has 1 aromatic rings. The van der Waals surface area contributed by atoms with Gasteiger partial charge in [-0.15, -0.1) is 0 Å².